The van der Waals surface area contributed by atoms with E-state index >= 15 is 0 Å². The van der Waals surface area contributed by atoms with Gasteiger partial charge in [0.05, 0.1) is 18.7 Å². The maximum Gasteiger partial charge on any atom is 0.277 e. The zero-order valence-electron chi connectivity index (χ0n) is 15.7. The van der Waals surface area contributed by atoms with Gasteiger partial charge in [-0.1, -0.05) is 12.1 Å². The topological polar surface area (TPSA) is 66.0 Å². The Balaban J connectivity index is 1.59. The molecule has 2 aliphatic rings. The Morgan fingerprint density at radius 2 is 1.82 bits per heavy atom. The molecule has 0 N–H and O–H groups in total. The van der Waals surface area contributed by atoms with E-state index in [0.717, 1.165) is 23.8 Å². The summed E-state index contributed by atoms with van der Waals surface area (Å²) in [5, 5.41) is 1.93. The number of piperazine rings is 1. The second kappa shape index (κ2) is 8.12. The second-order valence-electron chi connectivity index (χ2n) is 6.62. The summed E-state index contributed by atoms with van der Waals surface area (Å²) >= 11 is 1.48. The first kappa shape index (κ1) is 18.6. The minimum absolute atomic E-state index is 0.225. The predicted octanol–water partition coefficient (Wildman–Crippen LogP) is 1.69. The van der Waals surface area contributed by atoms with Crippen LogP contribution in [0.5, 0.6) is 0 Å². The van der Waals surface area contributed by atoms with E-state index in [-0.39, 0.29) is 18.4 Å². The van der Waals surface area contributed by atoms with Crippen molar-refractivity contribution >= 4 is 34.5 Å². The van der Waals surface area contributed by atoms with Gasteiger partial charge in [-0.25, -0.2) is 4.98 Å². The lowest BCUT2D eigenvalue weighted by Crippen LogP contribution is -2.48. The first-order chi connectivity index (χ1) is 13.7. The molecule has 28 heavy (non-hydrogen) atoms. The monoisotopic (exact) mass is 398 g/mol. The average molecular weight is 398 g/mol. The van der Waals surface area contributed by atoms with Gasteiger partial charge in [0, 0.05) is 44.4 Å². The quantitative estimate of drug-likeness (QED) is 0.690. The molecular formula is C20H22N4O3S. The van der Waals surface area contributed by atoms with Gasteiger partial charge in [-0.2, -0.15) is 0 Å². The molecule has 4 rings (SSSR count). The maximum absolute atomic E-state index is 13.1. The minimum Gasteiger partial charge on any atom is -0.383 e. The molecule has 0 radical (unpaired) electrons. The molecule has 0 spiro atoms. The van der Waals surface area contributed by atoms with Gasteiger partial charge in [-0.3, -0.25) is 14.5 Å². The van der Waals surface area contributed by atoms with E-state index < -0.39 is 0 Å². The smallest absolute Gasteiger partial charge is 0.277 e. The van der Waals surface area contributed by atoms with E-state index in [0.29, 0.717) is 31.0 Å². The third-order valence-corrected chi connectivity index (χ3v) is 5.89. The molecule has 2 amide bonds. The second-order valence-corrected chi connectivity index (χ2v) is 7.57. The number of amides is 2. The summed E-state index contributed by atoms with van der Waals surface area (Å²) in [4.78, 5) is 36.9. The summed E-state index contributed by atoms with van der Waals surface area (Å²) in [7, 11) is 1.57. The van der Waals surface area contributed by atoms with E-state index in [2.05, 4.69) is 9.88 Å². The third-order valence-electron chi connectivity index (χ3n) is 5.00. The summed E-state index contributed by atoms with van der Waals surface area (Å²) in [6, 6.07) is 9.66. The van der Waals surface area contributed by atoms with Gasteiger partial charge >= 0.3 is 0 Å². The van der Waals surface area contributed by atoms with Gasteiger partial charge in [0.1, 0.15) is 11.5 Å². The molecule has 2 aromatic heterocycles. The van der Waals surface area contributed by atoms with Gasteiger partial charge in [0.2, 0.25) is 0 Å². The van der Waals surface area contributed by atoms with E-state index in [1.807, 2.05) is 40.6 Å². The Morgan fingerprint density at radius 3 is 2.46 bits per heavy atom. The maximum atomic E-state index is 13.1. The molecule has 0 atom stereocenters. The lowest BCUT2D eigenvalue weighted by Gasteiger charge is -2.37. The number of ether oxygens (including phenoxy) is 1. The summed E-state index contributed by atoms with van der Waals surface area (Å²) in [6.07, 6.45) is 1.78. The molecule has 4 heterocycles. The number of nitrogens with zero attached hydrogens (tertiary/aromatic N) is 4. The highest BCUT2D eigenvalue weighted by atomic mass is 32.1. The molecule has 8 heteroatoms. The lowest BCUT2D eigenvalue weighted by molar-refractivity contribution is -0.138. The fourth-order valence-electron chi connectivity index (χ4n) is 3.59. The van der Waals surface area contributed by atoms with Crippen LogP contribution < -0.4 is 4.90 Å². The van der Waals surface area contributed by atoms with Gasteiger partial charge in [0.25, 0.3) is 11.8 Å². The van der Waals surface area contributed by atoms with Crippen molar-refractivity contribution in [3.63, 3.8) is 0 Å². The van der Waals surface area contributed by atoms with Crippen LogP contribution in [0.1, 0.15) is 4.88 Å². The van der Waals surface area contributed by atoms with E-state index in [1.165, 1.54) is 16.2 Å². The summed E-state index contributed by atoms with van der Waals surface area (Å²) in [5.41, 5.74) is 1.03. The Bertz CT molecular complexity index is 874. The molecule has 2 aliphatic heterocycles. The molecule has 1 fully saturated rings. The highest BCUT2D eigenvalue weighted by Crippen LogP contribution is 2.34. The number of hydrogen-bond acceptors (Lipinski definition) is 7. The number of methoxy groups -OCH3 is 1. The van der Waals surface area contributed by atoms with Crippen LogP contribution in [0.25, 0.3) is 5.57 Å². The van der Waals surface area contributed by atoms with Gasteiger partial charge in [-0.15, -0.1) is 11.3 Å². The van der Waals surface area contributed by atoms with Gasteiger partial charge in [0.15, 0.2) is 0 Å². The van der Waals surface area contributed by atoms with Crippen molar-refractivity contribution in [3.8, 4) is 0 Å². The number of carbonyl (C=O) groups is 2. The van der Waals surface area contributed by atoms with E-state index in [4.69, 9.17) is 4.74 Å². The highest BCUT2D eigenvalue weighted by Gasteiger charge is 2.42. The number of hydrogen-bond donors (Lipinski definition) is 0. The number of aromatic nitrogens is 1. The molecule has 0 aliphatic carbocycles. The van der Waals surface area contributed by atoms with E-state index in [1.54, 1.807) is 13.3 Å². The first-order valence-corrected chi connectivity index (χ1v) is 10.1. The van der Waals surface area contributed by atoms with Crippen molar-refractivity contribution < 1.29 is 14.3 Å². The largest absolute Gasteiger partial charge is 0.383 e. The lowest BCUT2D eigenvalue weighted by atomic mass is 10.1. The minimum atomic E-state index is -0.230. The number of thiophene rings is 1. The van der Waals surface area contributed by atoms with Crippen molar-refractivity contribution in [3.05, 3.63) is 52.5 Å². The van der Waals surface area contributed by atoms with Gasteiger partial charge < -0.3 is 14.5 Å². The van der Waals surface area contributed by atoms with Crippen molar-refractivity contribution in [2.24, 2.45) is 0 Å². The molecular weight excluding hydrogens is 376 g/mol. The first-order valence-electron chi connectivity index (χ1n) is 9.25. The van der Waals surface area contributed by atoms with Crippen LogP contribution in [-0.2, 0) is 14.3 Å². The number of pyridine rings is 1. The zero-order chi connectivity index (χ0) is 19.5. The molecule has 7 nitrogen and oxygen atoms in total. The average Bonchev–Trinajstić information content (AvgIpc) is 3.34. The van der Waals surface area contributed by atoms with Crippen molar-refractivity contribution in [1.82, 2.24) is 14.8 Å². The Morgan fingerprint density at radius 1 is 1.04 bits per heavy atom. The molecule has 0 unspecified atom stereocenters. The van der Waals surface area contributed by atoms with Crippen LogP contribution in [-0.4, -0.2) is 73.0 Å². The number of rotatable bonds is 6. The van der Waals surface area contributed by atoms with Crippen LogP contribution in [0, 0.1) is 0 Å². The highest BCUT2D eigenvalue weighted by molar-refractivity contribution is 7.11. The van der Waals surface area contributed by atoms with E-state index in [9.17, 15) is 9.59 Å². The summed E-state index contributed by atoms with van der Waals surface area (Å²) in [5.74, 6) is 0.480. The molecule has 146 valence electrons. The fraction of sp³-hybridized carbons (Fsp3) is 0.350. The van der Waals surface area contributed by atoms with Crippen LogP contribution >= 0.6 is 11.3 Å². The van der Waals surface area contributed by atoms with Crippen LogP contribution in [0.2, 0.25) is 0 Å². The Kier molecular flexibility index (Phi) is 5.40. The van der Waals surface area contributed by atoms with Crippen molar-refractivity contribution in [2.75, 3.05) is 51.3 Å². The normalized spacial score (nSPS) is 17.8. The van der Waals surface area contributed by atoms with Gasteiger partial charge in [-0.05, 0) is 23.6 Å². The fourth-order valence-corrected chi connectivity index (χ4v) is 4.35. The predicted molar refractivity (Wildman–Crippen MR) is 108 cm³/mol. The summed E-state index contributed by atoms with van der Waals surface area (Å²) in [6.45, 7) is 3.42. The molecule has 0 saturated carbocycles. The van der Waals surface area contributed by atoms with Crippen LogP contribution in [0.4, 0.5) is 5.82 Å². The Labute approximate surface area is 167 Å². The van der Waals surface area contributed by atoms with Crippen molar-refractivity contribution in [2.45, 2.75) is 0 Å². The third kappa shape index (κ3) is 3.41. The summed E-state index contributed by atoms with van der Waals surface area (Å²) < 4.78 is 5.08. The van der Waals surface area contributed by atoms with Crippen LogP contribution in [0.3, 0.4) is 0 Å². The Hall–Kier alpha value is -2.71. The van der Waals surface area contributed by atoms with Crippen LogP contribution in [0.15, 0.2) is 47.6 Å². The molecule has 2 aromatic rings. The number of imide groups is 1. The zero-order valence-corrected chi connectivity index (χ0v) is 16.5. The number of carbonyl (C=O) groups excluding carboxylic acids is 2. The standard InChI is InChI=1S/C20H22N4O3S/c1-27-13-12-24-19(25)17(15-5-4-14-28-15)18(20(24)26)23-10-8-22(9-11-23)16-6-2-3-7-21-16/h2-7,14H,8-13H2,1H3. The SMILES string of the molecule is COCCN1C(=O)C(c2cccs2)=C(N2CCN(c3ccccn3)CC2)C1=O. The van der Waals surface area contributed by atoms with Crippen molar-refractivity contribution in [1.29, 1.82) is 0 Å². The number of anilines is 1. The molecule has 1 saturated heterocycles. The molecule has 0 bridgehead atoms. The molecule has 0 aromatic carbocycles.